The number of amides is 4. The lowest BCUT2D eigenvalue weighted by Crippen LogP contribution is -2.42. The number of hydrogen-bond donors (Lipinski definition) is 2. The summed E-state index contributed by atoms with van der Waals surface area (Å²) in [5, 5.41) is 5.07. The summed E-state index contributed by atoms with van der Waals surface area (Å²) >= 11 is 0. The molecule has 2 aromatic rings. The van der Waals surface area contributed by atoms with Gasteiger partial charge in [0.1, 0.15) is 12.1 Å². The lowest BCUT2D eigenvalue weighted by atomic mass is 9.91. The molecule has 12 heteroatoms. The number of nitrogens with zero attached hydrogens (tertiary/aromatic N) is 1. The van der Waals surface area contributed by atoms with E-state index < -0.39 is 36.2 Å². The Hall–Kier alpha value is -4.09. The largest absolute Gasteiger partial charge is 0.586 e. The molecular formula is C22H19F2N3O7. The summed E-state index contributed by atoms with van der Waals surface area (Å²) < 4.78 is 46.3. The van der Waals surface area contributed by atoms with E-state index in [2.05, 4.69) is 20.1 Å². The third kappa shape index (κ3) is 3.80. The molecule has 0 unspecified atom stereocenters. The smallest absolute Gasteiger partial charge is 0.490 e. The average molecular weight is 475 g/mol. The Labute approximate surface area is 191 Å². The number of imide groups is 1. The molecule has 3 aliphatic heterocycles. The summed E-state index contributed by atoms with van der Waals surface area (Å²) in [4.78, 5) is 39.0. The number of carbonyl (C=O) groups excluding carboxylic acids is 3. The first kappa shape index (κ1) is 21.7. The quantitative estimate of drug-likeness (QED) is 0.653. The van der Waals surface area contributed by atoms with Crippen LogP contribution in [0, 0.1) is 0 Å². The van der Waals surface area contributed by atoms with Gasteiger partial charge in [-0.1, -0.05) is 6.07 Å². The minimum atomic E-state index is -3.79. The molecule has 1 saturated heterocycles. The molecule has 0 aromatic heterocycles. The Kier molecular flexibility index (Phi) is 4.95. The summed E-state index contributed by atoms with van der Waals surface area (Å²) in [6.07, 6.45) is -3.08. The van der Waals surface area contributed by atoms with Crippen LogP contribution in [0.5, 0.6) is 23.0 Å². The summed E-state index contributed by atoms with van der Waals surface area (Å²) in [7, 11) is 0. The third-order valence-corrected chi connectivity index (χ3v) is 5.59. The fraction of sp³-hybridized carbons (Fsp3) is 0.318. The van der Waals surface area contributed by atoms with Crippen molar-refractivity contribution in [1.82, 2.24) is 10.2 Å². The van der Waals surface area contributed by atoms with E-state index in [-0.39, 0.29) is 17.2 Å². The van der Waals surface area contributed by atoms with Crippen LogP contribution in [0.1, 0.15) is 18.9 Å². The highest BCUT2D eigenvalue weighted by Crippen LogP contribution is 2.42. The monoisotopic (exact) mass is 475 g/mol. The molecule has 4 amide bonds. The lowest BCUT2D eigenvalue weighted by Gasteiger charge is -2.23. The van der Waals surface area contributed by atoms with Gasteiger partial charge in [0.05, 0.1) is 13.2 Å². The zero-order valence-corrected chi connectivity index (χ0v) is 17.9. The van der Waals surface area contributed by atoms with Crippen molar-refractivity contribution in [2.45, 2.75) is 25.2 Å². The number of hydrogen-bond acceptors (Lipinski definition) is 7. The number of carbonyl (C=O) groups is 3. The second-order valence-electron chi connectivity index (χ2n) is 8.04. The standard InChI is InChI=1S/C22H19F2N3O7/c1-21(12-3-5-14-16(9-12)32-8-2-7-31-14)19(29)27(20(30)26-21)11-18(28)25-13-4-6-15-17(10-13)34-22(23,24)33-15/h3-6,9-10H,2,7-8,11H2,1H3,(H,25,28)(H,26,30)/t21-/m1/s1. The molecule has 0 bridgehead atoms. The summed E-state index contributed by atoms with van der Waals surface area (Å²) in [6.45, 7) is 1.91. The van der Waals surface area contributed by atoms with Crippen LogP contribution in [0.3, 0.4) is 0 Å². The predicted molar refractivity (Wildman–Crippen MR) is 111 cm³/mol. The maximum absolute atomic E-state index is 13.2. The van der Waals surface area contributed by atoms with E-state index in [1.165, 1.54) is 19.1 Å². The van der Waals surface area contributed by atoms with Crippen molar-refractivity contribution in [2.75, 3.05) is 25.1 Å². The number of urea groups is 1. The molecule has 34 heavy (non-hydrogen) atoms. The van der Waals surface area contributed by atoms with Gasteiger partial charge in [0.15, 0.2) is 23.0 Å². The molecule has 1 atom stereocenters. The Bertz CT molecular complexity index is 1210. The van der Waals surface area contributed by atoms with Gasteiger partial charge in [-0.2, -0.15) is 0 Å². The highest BCUT2D eigenvalue weighted by molar-refractivity contribution is 6.10. The normalized spacial score (nSPS) is 22.3. The lowest BCUT2D eigenvalue weighted by molar-refractivity contribution is -0.286. The Balaban J connectivity index is 1.29. The summed E-state index contributed by atoms with van der Waals surface area (Å²) in [5.74, 6) is -0.769. The SMILES string of the molecule is C[C@]1(c2ccc3c(c2)OCCCO3)NC(=O)N(CC(=O)Nc2ccc3c(c2)OC(F)(F)O3)C1=O. The van der Waals surface area contributed by atoms with Gasteiger partial charge >= 0.3 is 12.3 Å². The van der Waals surface area contributed by atoms with Crippen molar-refractivity contribution in [3.8, 4) is 23.0 Å². The molecule has 0 saturated carbocycles. The first-order valence-corrected chi connectivity index (χ1v) is 10.4. The van der Waals surface area contributed by atoms with E-state index >= 15 is 0 Å². The zero-order chi connectivity index (χ0) is 24.1. The van der Waals surface area contributed by atoms with Gasteiger partial charge in [0.25, 0.3) is 5.91 Å². The molecule has 178 valence electrons. The average Bonchev–Trinajstić information content (AvgIpc) is 3.07. The van der Waals surface area contributed by atoms with E-state index in [1.54, 1.807) is 18.2 Å². The zero-order valence-electron chi connectivity index (χ0n) is 17.9. The number of alkyl halides is 2. The first-order chi connectivity index (χ1) is 16.1. The highest BCUT2D eigenvalue weighted by atomic mass is 19.3. The molecule has 3 heterocycles. The van der Waals surface area contributed by atoms with E-state index in [9.17, 15) is 23.2 Å². The van der Waals surface area contributed by atoms with Crippen molar-refractivity contribution in [3.05, 3.63) is 42.0 Å². The molecule has 3 aliphatic rings. The van der Waals surface area contributed by atoms with Crippen LogP contribution in [-0.4, -0.2) is 48.8 Å². The van der Waals surface area contributed by atoms with Gasteiger partial charge in [-0.05, 0) is 36.8 Å². The molecular weight excluding hydrogens is 456 g/mol. The number of benzene rings is 2. The Morgan fingerprint density at radius 1 is 1.03 bits per heavy atom. The van der Waals surface area contributed by atoms with Gasteiger partial charge in [0.2, 0.25) is 5.91 Å². The third-order valence-electron chi connectivity index (χ3n) is 5.59. The van der Waals surface area contributed by atoms with Crippen molar-refractivity contribution in [2.24, 2.45) is 0 Å². The van der Waals surface area contributed by atoms with E-state index in [1.807, 2.05) is 0 Å². The summed E-state index contributed by atoms with van der Waals surface area (Å²) in [5.41, 5.74) is -0.829. The molecule has 1 fully saturated rings. The number of nitrogens with one attached hydrogen (secondary N) is 2. The van der Waals surface area contributed by atoms with Crippen LogP contribution < -0.4 is 29.6 Å². The van der Waals surface area contributed by atoms with Crippen LogP contribution >= 0.6 is 0 Å². The van der Waals surface area contributed by atoms with Gasteiger partial charge in [-0.3, -0.25) is 14.5 Å². The molecule has 0 radical (unpaired) electrons. The van der Waals surface area contributed by atoms with Gasteiger partial charge < -0.3 is 29.6 Å². The topological polar surface area (TPSA) is 115 Å². The Morgan fingerprint density at radius 3 is 2.53 bits per heavy atom. The van der Waals surface area contributed by atoms with Crippen LogP contribution in [0.4, 0.5) is 19.3 Å². The van der Waals surface area contributed by atoms with Crippen molar-refractivity contribution < 1.29 is 42.1 Å². The second-order valence-corrected chi connectivity index (χ2v) is 8.04. The molecule has 5 rings (SSSR count). The van der Waals surface area contributed by atoms with Gasteiger partial charge in [-0.25, -0.2) is 4.79 Å². The maximum Gasteiger partial charge on any atom is 0.586 e. The minimum Gasteiger partial charge on any atom is -0.490 e. The van der Waals surface area contributed by atoms with Crippen LogP contribution in [-0.2, 0) is 15.1 Å². The minimum absolute atomic E-state index is 0.128. The van der Waals surface area contributed by atoms with Crippen LogP contribution in [0.15, 0.2) is 36.4 Å². The number of rotatable bonds is 4. The van der Waals surface area contributed by atoms with Gasteiger partial charge in [0, 0.05) is 18.2 Å². The molecule has 2 aromatic carbocycles. The Morgan fingerprint density at radius 2 is 1.74 bits per heavy atom. The van der Waals surface area contributed by atoms with Crippen molar-refractivity contribution in [1.29, 1.82) is 0 Å². The summed E-state index contributed by atoms with van der Waals surface area (Å²) in [6, 6.07) is 7.89. The predicted octanol–water partition coefficient (Wildman–Crippen LogP) is 2.58. The number of ether oxygens (including phenoxy) is 4. The van der Waals surface area contributed by atoms with E-state index in [0.717, 1.165) is 11.0 Å². The number of halogens is 2. The molecule has 10 nitrogen and oxygen atoms in total. The molecule has 0 spiro atoms. The highest BCUT2D eigenvalue weighted by Gasteiger charge is 2.50. The number of anilines is 1. The second kappa shape index (κ2) is 7.75. The first-order valence-electron chi connectivity index (χ1n) is 10.4. The van der Waals surface area contributed by atoms with E-state index in [4.69, 9.17) is 9.47 Å². The van der Waals surface area contributed by atoms with Crippen LogP contribution in [0.25, 0.3) is 0 Å². The number of fused-ring (bicyclic) bond motifs is 2. The molecule has 0 aliphatic carbocycles. The fourth-order valence-corrected chi connectivity index (χ4v) is 3.88. The van der Waals surface area contributed by atoms with Crippen LogP contribution in [0.2, 0.25) is 0 Å². The fourth-order valence-electron chi connectivity index (χ4n) is 3.88. The van der Waals surface area contributed by atoms with E-state index in [0.29, 0.717) is 36.7 Å². The van der Waals surface area contributed by atoms with Crippen molar-refractivity contribution >= 4 is 23.5 Å². The van der Waals surface area contributed by atoms with Gasteiger partial charge in [-0.15, -0.1) is 8.78 Å². The van der Waals surface area contributed by atoms with Crippen molar-refractivity contribution in [3.63, 3.8) is 0 Å². The molecule has 2 N–H and O–H groups in total. The maximum atomic E-state index is 13.2.